The molecule has 0 aromatic carbocycles. The molecule has 1 heteroatoms. The van der Waals surface area contributed by atoms with Crippen molar-refractivity contribution in [3.05, 3.63) is 12.2 Å². The fourth-order valence-electron chi connectivity index (χ4n) is 4.47. The van der Waals surface area contributed by atoms with Crippen LogP contribution in [0.1, 0.15) is 33.1 Å². The number of Topliss-reactive ketones (excluding diaryl/α,β-unsaturated/α-hetero) is 1. The highest BCUT2D eigenvalue weighted by atomic mass is 16.1. The number of rotatable bonds is 2. The van der Waals surface area contributed by atoms with E-state index in [1.807, 2.05) is 0 Å². The molecule has 15 heavy (non-hydrogen) atoms. The average Bonchev–Trinajstić information content (AvgIpc) is 2.87. The summed E-state index contributed by atoms with van der Waals surface area (Å²) in [6, 6.07) is 0. The molecular weight excluding hydrogens is 184 g/mol. The van der Waals surface area contributed by atoms with Crippen molar-refractivity contribution in [1.29, 1.82) is 0 Å². The molecule has 2 bridgehead atoms. The molecule has 0 N–H and O–H groups in total. The van der Waals surface area contributed by atoms with E-state index in [-0.39, 0.29) is 0 Å². The van der Waals surface area contributed by atoms with Gasteiger partial charge in [-0.1, -0.05) is 32.4 Å². The standard InChI is InChI=1S/C14H20O/c1-3-4-11-8(2)12-9-5-6-10(7-9)13(12)14(11)15/h5-6,8-13H,3-4,7H2,1-2H3/t8-,9+,10-,11-,12-,13+/m0/s1. The summed E-state index contributed by atoms with van der Waals surface area (Å²) in [6.45, 7) is 4.51. The molecule has 3 aliphatic rings. The molecule has 82 valence electrons. The summed E-state index contributed by atoms with van der Waals surface area (Å²) in [5.74, 6) is 4.08. The van der Waals surface area contributed by atoms with E-state index in [2.05, 4.69) is 26.0 Å². The van der Waals surface area contributed by atoms with Crippen molar-refractivity contribution in [3.8, 4) is 0 Å². The van der Waals surface area contributed by atoms with Gasteiger partial charge >= 0.3 is 0 Å². The molecule has 0 saturated heterocycles. The molecule has 3 rings (SSSR count). The fraction of sp³-hybridized carbons (Fsp3) is 0.786. The number of hydrogen-bond donors (Lipinski definition) is 0. The van der Waals surface area contributed by atoms with E-state index in [1.165, 1.54) is 6.42 Å². The first kappa shape index (κ1) is 9.62. The van der Waals surface area contributed by atoms with E-state index in [4.69, 9.17) is 0 Å². The smallest absolute Gasteiger partial charge is 0.140 e. The lowest BCUT2D eigenvalue weighted by Crippen LogP contribution is -2.21. The Balaban J connectivity index is 1.89. The maximum atomic E-state index is 12.3. The Hall–Kier alpha value is -0.590. The maximum absolute atomic E-state index is 12.3. The first-order valence-corrected chi connectivity index (χ1v) is 6.46. The van der Waals surface area contributed by atoms with Crippen LogP contribution in [0.3, 0.4) is 0 Å². The van der Waals surface area contributed by atoms with Crippen molar-refractivity contribution >= 4 is 5.78 Å². The molecule has 0 heterocycles. The van der Waals surface area contributed by atoms with Crippen LogP contribution in [0.2, 0.25) is 0 Å². The van der Waals surface area contributed by atoms with Crippen LogP contribution in [0.4, 0.5) is 0 Å². The fourth-order valence-corrected chi connectivity index (χ4v) is 4.47. The van der Waals surface area contributed by atoms with Crippen molar-refractivity contribution in [2.24, 2.45) is 35.5 Å². The molecule has 0 unspecified atom stereocenters. The van der Waals surface area contributed by atoms with Gasteiger partial charge in [0.05, 0.1) is 0 Å². The van der Waals surface area contributed by atoms with E-state index in [1.54, 1.807) is 0 Å². The van der Waals surface area contributed by atoms with Crippen LogP contribution in [-0.4, -0.2) is 5.78 Å². The molecule has 0 spiro atoms. The van der Waals surface area contributed by atoms with Crippen LogP contribution < -0.4 is 0 Å². The van der Waals surface area contributed by atoms with Crippen LogP contribution in [0, 0.1) is 35.5 Å². The second-order valence-electron chi connectivity index (χ2n) is 5.71. The Labute approximate surface area is 91.9 Å². The lowest BCUT2D eigenvalue weighted by atomic mass is 9.80. The third-order valence-electron chi connectivity index (χ3n) is 5.06. The second-order valence-corrected chi connectivity index (χ2v) is 5.71. The first-order valence-electron chi connectivity index (χ1n) is 6.46. The van der Waals surface area contributed by atoms with Crippen LogP contribution in [0.5, 0.6) is 0 Å². The molecule has 0 amide bonds. The Morgan fingerprint density at radius 2 is 2.07 bits per heavy atom. The van der Waals surface area contributed by atoms with Gasteiger partial charge in [0.1, 0.15) is 5.78 Å². The van der Waals surface area contributed by atoms with Crippen LogP contribution in [0.25, 0.3) is 0 Å². The van der Waals surface area contributed by atoms with Gasteiger partial charge in [0.25, 0.3) is 0 Å². The average molecular weight is 204 g/mol. The Morgan fingerprint density at radius 1 is 1.33 bits per heavy atom. The minimum atomic E-state index is 0.384. The zero-order chi connectivity index (χ0) is 10.6. The second kappa shape index (κ2) is 3.20. The van der Waals surface area contributed by atoms with Crippen molar-refractivity contribution in [1.82, 2.24) is 0 Å². The van der Waals surface area contributed by atoms with E-state index < -0.39 is 0 Å². The summed E-state index contributed by atoms with van der Waals surface area (Å²) >= 11 is 0. The molecule has 0 aliphatic heterocycles. The summed E-state index contributed by atoms with van der Waals surface area (Å²) in [7, 11) is 0. The summed E-state index contributed by atoms with van der Waals surface area (Å²) in [4.78, 5) is 12.3. The zero-order valence-corrected chi connectivity index (χ0v) is 9.65. The Morgan fingerprint density at radius 3 is 2.73 bits per heavy atom. The molecule has 1 nitrogen and oxygen atoms in total. The van der Waals surface area contributed by atoms with Crippen molar-refractivity contribution < 1.29 is 4.79 Å². The van der Waals surface area contributed by atoms with Gasteiger partial charge in [-0.05, 0) is 36.5 Å². The lowest BCUT2D eigenvalue weighted by molar-refractivity contribution is -0.125. The quantitative estimate of drug-likeness (QED) is 0.632. The highest BCUT2D eigenvalue weighted by molar-refractivity contribution is 5.87. The largest absolute Gasteiger partial charge is 0.299 e. The Kier molecular flexibility index (Phi) is 2.05. The lowest BCUT2D eigenvalue weighted by Gasteiger charge is -2.23. The summed E-state index contributed by atoms with van der Waals surface area (Å²) in [5, 5.41) is 0. The normalized spacial score (nSPS) is 51.5. The van der Waals surface area contributed by atoms with E-state index in [0.717, 1.165) is 18.8 Å². The van der Waals surface area contributed by atoms with Crippen molar-refractivity contribution in [3.63, 3.8) is 0 Å². The maximum Gasteiger partial charge on any atom is 0.140 e. The molecule has 0 aromatic heterocycles. The molecule has 0 aromatic rings. The third kappa shape index (κ3) is 1.12. The SMILES string of the molecule is CCC[C@@H]1C(=O)[C@H]2[C@@H]([C@H]1C)[C@@H]1C=C[C@H]2C1. The number of fused-ring (bicyclic) bond motifs is 5. The van der Waals surface area contributed by atoms with Gasteiger partial charge in [0, 0.05) is 11.8 Å². The summed E-state index contributed by atoms with van der Waals surface area (Å²) in [6.07, 6.45) is 8.23. The summed E-state index contributed by atoms with van der Waals surface area (Å²) < 4.78 is 0. The minimum absolute atomic E-state index is 0.384. The van der Waals surface area contributed by atoms with Gasteiger partial charge in [-0.2, -0.15) is 0 Å². The highest BCUT2D eigenvalue weighted by Crippen LogP contribution is 2.58. The van der Waals surface area contributed by atoms with Gasteiger partial charge in [-0.25, -0.2) is 0 Å². The first-order chi connectivity index (χ1) is 7.24. The predicted octanol–water partition coefficient (Wildman–Crippen LogP) is 3.06. The number of hydrogen-bond acceptors (Lipinski definition) is 1. The molecule has 2 saturated carbocycles. The number of ketones is 1. The van der Waals surface area contributed by atoms with Crippen molar-refractivity contribution in [2.75, 3.05) is 0 Å². The molecule has 6 atom stereocenters. The predicted molar refractivity (Wildman–Crippen MR) is 60.3 cm³/mol. The topological polar surface area (TPSA) is 17.1 Å². The van der Waals surface area contributed by atoms with Gasteiger partial charge in [0.2, 0.25) is 0 Å². The minimum Gasteiger partial charge on any atom is -0.299 e. The molecular formula is C14H20O. The van der Waals surface area contributed by atoms with E-state index in [0.29, 0.717) is 35.4 Å². The monoisotopic (exact) mass is 204 g/mol. The molecule has 2 fully saturated rings. The number of carbonyl (C=O) groups excluding carboxylic acids is 1. The van der Waals surface area contributed by atoms with Gasteiger partial charge in [-0.3, -0.25) is 4.79 Å². The van der Waals surface area contributed by atoms with E-state index in [9.17, 15) is 4.79 Å². The van der Waals surface area contributed by atoms with Crippen LogP contribution in [0.15, 0.2) is 12.2 Å². The summed E-state index contributed by atoms with van der Waals surface area (Å²) in [5.41, 5.74) is 0. The third-order valence-corrected chi connectivity index (χ3v) is 5.06. The number of allylic oxidation sites excluding steroid dienone is 2. The zero-order valence-electron chi connectivity index (χ0n) is 9.65. The van der Waals surface area contributed by atoms with Gasteiger partial charge < -0.3 is 0 Å². The van der Waals surface area contributed by atoms with Crippen LogP contribution >= 0.6 is 0 Å². The van der Waals surface area contributed by atoms with Gasteiger partial charge in [0.15, 0.2) is 0 Å². The van der Waals surface area contributed by atoms with Gasteiger partial charge in [-0.15, -0.1) is 0 Å². The van der Waals surface area contributed by atoms with E-state index >= 15 is 0 Å². The highest BCUT2D eigenvalue weighted by Gasteiger charge is 2.57. The number of carbonyl (C=O) groups is 1. The van der Waals surface area contributed by atoms with Crippen LogP contribution in [-0.2, 0) is 4.79 Å². The molecule has 3 aliphatic carbocycles. The van der Waals surface area contributed by atoms with Crippen molar-refractivity contribution in [2.45, 2.75) is 33.1 Å². The Bertz CT molecular complexity index is 317. The molecule has 0 radical (unpaired) electrons.